The highest BCUT2D eigenvalue weighted by Gasteiger charge is 2.31. The van der Waals surface area contributed by atoms with Gasteiger partial charge in [0.15, 0.2) is 5.13 Å². The van der Waals surface area contributed by atoms with Gasteiger partial charge in [-0.2, -0.15) is 0 Å². The number of anilines is 1. The molecular formula is C14H23N3S. The van der Waals surface area contributed by atoms with Crippen molar-refractivity contribution >= 4 is 16.5 Å². The van der Waals surface area contributed by atoms with E-state index in [9.17, 15) is 0 Å². The zero-order chi connectivity index (χ0) is 12.5. The summed E-state index contributed by atoms with van der Waals surface area (Å²) in [6.07, 6.45) is 7.98. The van der Waals surface area contributed by atoms with Crippen LogP contribution in [0.4, 0.5) is 5.13 Å². The molecule has 2 heterocycles. The Morgan fingerprint density at radius 2 is 1.89 bits per heavy atom. The fraction of sp³-hybridized carbons (Fsp3) is 0.786. The van der Waals surface area contributed by atoms with Gasteiger partial charge >= 0.3 is 0 Å². The van der Waals surface area contributed by atoms with Gasteiger partial charge in [0.05, 0.1) is 5.69 Å². The maximum absolute atomic E-state index is 6.11. The molecule has 0 radical (unpaired) electrons. The monoisotopic (exact) mass is 265 g/mol. The van der Waals surface area contributed by atoms with Crippen molar-refractivity contribution in [2.75, 3.05) is 18.0 Å². The lowest BCUT2D eigenvalue weighted by Gasteiger charge is -2.18. The summed E-state index contributed by atoms with van der Waals surface area (Å²) in [6, 6.07) is 0.138. The molecule has 1 aliphatic carbocycles. The highest BCUT2D eigenvalue weighted by Crippen LogP contribution is 2.45. The highest BCUT2D eigenvalue weighted by atomic mass is 32.1. The molecule has 1 aliphatic heterocycles. The topological polar surface area (TPSA) is 42.1 Å². The van der Waals surface area contributed by atoms with Crippen molar-refractivity contribution in [3.8, 4) is 0 Å². The lowest BCUT2D eigenvalue weighted by molar-refractivity contribution is 0.726. The first-order valence-corrected chi connectivity index (χ1v) is 8.08. The normalized spacial score (nSPS) is 22.9. The third-order valence-corrected chi connectivity index (χ3v) is 5.26. The van der Waals surface area contributed by atoms with E-state index in [2.05, 4.69) is 11.8 Å². The van der Waals surface area contributed by atoms with Crippen molar-refractivity contribution in [2.45, 2.75) is 57.4 Å². The summed E-state index contributed by atoms with van der Waals surface area (Å²) in [5, 5.41) is 1.23. The smallest absolute Gasteiger partial charge is 0.185 e. The molecule has 0 aromatic carbocycles. The minimum absolute atomic E-state index is 0.138. The molecule has 2 N–H and O–H groups in total. The molecule has 0 bridgehead atoms. The third-order valence-electron chi connectivity index (χ3n) is 3.92. The Morgan fingerprint density at radius 3 is 2.44 bits per heavy atom. The van der Waals surface area contributed by atoms with E-state index in [1.807, 2.05) is 11.3 Å². The van der Waals surface area contributed by atoms with Gasteiger partial charge in [-0.05, 0) is 32.6 Å². The van der Waals surface area contributed by atoms with E-state index >= 15 is 0 Å². The van der Waals surface area contributed by atoms with E-state index in [1.165, 1.54) is 67.3 Å². The molecular weight excluding hydrogens is 242 g/mol. The Kier molecular flexibility index (Phi) is 3.57. The van der Waals surface area contributed by atoms with Gasteiger partial charge in [0.2, 0.25) is 0 Å². The summed E-state index contributed by atoms with van der Waals surface area (Å²) in [5.74, 6) is 0.711. The SMILES string of the molecule is CC(N)c1sc(N2CCCCCC2)nc1C1CC1. The number of nitrogens with zero attached hydrogens (tertiary/aromatic N) is 2. The molecule has 1 aromatic rings. The van der Waals surface area contributed by atoms with E-state index in [0.717, 1.165) is 0 Å². The van der Waals surface area contributed by atoms with Crippen LogP contribution in [-0.2, 0) is 0 Å². The lowest BCUT2D eigenvalue weighted by atomic mass is 10.2. The lowest BCUT2D eigenvalue weighted by Crippen LogP contribution is -2.23. The standard InChI is InChI=1S/C14H23N3S/c1-10(15)13-12(11-6-7-11)16-14(18-13)17-8-4-2-3-5-9-17/h10-11H,2-9,15H2,1H3. The molecule has 2 aliphatic rings. The number of hydrogen-bond donors (Lipinski definition) is 1. The van der Waals surface area contributed by atoms with Gasteiger partial charge in [0, 0.05) is 29.9 Å². The molecule has 1 aromatic heterocycles. The summed E-state index contributed by atoms with van der Waals surface area (Å²) < 4.78 is 0. The molecule has 1 atom stereocenters. The van der Waals surface area contributed by atoms with Crippen LogP contribution in [0.2, 0.25) is 0 Å². The molecule has 3 rings (SSSR count). The first kappa shape index (κ1) is 12.4. The van der Waals surface area contributed by atoms with Crippen LogP contribution in [0.3, 0.4) is 0 Å². The van der Waals surface area contributed by atoms with Crippen LogP contribution < -0.4 is 10.6 Å². The molecule has 1 saturated carbocycles. The van der Waals surface area contributed by atoms with E-state index in [4.69, 9.17) is 10.7 Å². The van der Waals surface area contributed by atoms with Gasteiger partial charge in [-0.3, -0.25) is 0 Å². The Bertz CT molecular complexity index is 382. The van der Waals surface area contributed by atoms with Gasteiger partial charge in [-0.1, -0.05) is 24.2 Å². The minimum atomic E-state index is 0.138. The predicted molar refractivity (Wildman–Crippen MR) is 77.4 cm³/mol. The number of rotatable bonds is 3. The molecule has 100 valence electrons. The second-order valence-electron chi connectivity index (χ2n) is 5.71. The second kappa shape index (κ2) is 5.17. The zero-order valence-corrected chi connectivity index (χ0v) is 12.0. The molecule has 2 fully saturated rings. The summed E-state index contributed by atoms with van der Waals surface area (Å²) in [6.45, 7) is 4.44. The van der Waals surface area contributed by atoms with E-state index in [0.29, 0.717) is 5.92 Å². The quantitative estimate of drug-likeness (QED) is 0.910. The summed E-state index contributed by atoms with van der Waals surface area (Å²) in [5.41, 5.74) is 7.42. The Hall–Kier alpha value is -0.610. The van der Waals surface area contributed by atoms with E-state index < -0.39 is 0 Å². The van der Waals surface area contributed by atoms with Crippen molar-refractivity contribution in [3.05, 3.63) is 10.6 Å². The molecule has 18 heavy (non-hydrogen) atoms. The summed E-state index contributed by atoms with van der Waals surface area (Å²) in [4.78, 5) is 8.74. The van der Waals surface area contributed by atoms with Crippen molar-refractivity contribution in [2.24, 2.45) is 5.73 Å². The number of nitrogens with two attached hydrogens (primary N) is 1. The van der Waals surface area contributed by atoms with Crippen molar-refractivity contribution < 1.29 is 0 Å². The Labute approximate surface area is 113 Å². The minimum Gasteiger partial charge on any atom is -0.348 e. The highest BCUT2D eigenvalue weighted by molar-refractivity contribution is 7.15. The maximum Gasteiger partial charge on any atom is 0.185 e. The summed E-state index contributed by atoms with van der Waals surface area (Å²) >= 11 is 1.84. The zero-order valence-electron chi connectivity index (χ0n) is 11.2. The molecule has 1 saturated heterocycles. The number of thiazole rings is 1. The van der Waals surface area contributed by atoms with Crippen LogP contribution in [0.25, 0.3) is 0 Å². The van der Waals surface area contributed by atoms with Gasteiger partial charge in [-0.25, -0.2) is 4.98 Å². The molecule has 1 unspecified atom stereocenters. The van der Waals surface area contributed by atoms with Crippen molar-refractivity contribution in [3.63, 3.8) is 0 Å². The van der Waals surface area contributed by atoms with Crippen LogP contribution in [-0.4, -0.2) is 18.1 Å². The first-order chi connectivity index (χ1) is 8.75. The van der Waals surface area contributed by atoms with Gasteiger partial charge in [0.25, 0.3) is 0 Å². The Balaban J connectivity index is 1.84. The average molecular weight is 265 g/mol. The largest absolute Gasteiger partial charge is 0.348 e. The average Bonchev–Trinajstić information content (AvgIpc) is 3.14. The maximum atomic E-state index is 6.11. The molecule has 0 spiro atoms. The fourth-order valence-corrected chi connectivity index (χ4v) is 3.86. The van der Waals surface area contributed by atoms with Crippen LogP contribution in [0, 0.1) is 0 Å². The van der Waals surface area contributed by atoms with Gasteiger partial charge < -0.3 is 10.6 Å². The van der Waals surface area contributed by atoms with Crippen molar-refractivity contribution in [1.29, 1.82) is 0 Å². The van der Waals surface area contributed by atoms with Crippen molar-refractivity contribution in [1.82, 2.24) is 4.98 Å². The number of aromatic nitrogens is 1. The second-order valence-corrected chi connectivity index (χ2v) is 6.72. The van der Waals surface area contributed by atoms with Crippen LogP contribution in [0.1, 0.15) is 68.0 Å². The molecule has 3 nitrogen and oxygen atoms in total. The first-order valence-electron chi connectivity index (χ1n) is 7.27. The summed E-state index contributed by atoms with van der Waals surface area (Å²) in [7, 11) is 0. The molecule has 0 amide bonds. The fourth-order valence-electron chi connectivity index (χ4n) is 2.70. The van der Waals surface area contributed by atoms with Gasteiger partial charge in [0.1, 0.15) is 0 Å². The third kappa shape index (κ3) is 2.54. The predicted octanol–water partition coefficient (Wildman–Crippen LogP) is 3.42. The van der Waals surface area contributed by atoms with E-state index in [-0.39, 0.29) is 6.04 Å². The van der Waals surface area contributed by atoms with Crippen LogP contribution in [0.15, 0.2) is 0 Å². The molecule has 4 heteroatoms. The number of hydrogen-bond acceptors (Lipinski definition) is 4. The Morgan fingerprint density at radius 1 is 1.22 bits per heavy atom. The van der Waals surface area contributed by atoms with Crippen LogP contribution in [0.5, 0.6) is 0 Å². The van der Waals surface area contributed by atoms with Gasteiger partial charge in [-0.15, -0.1) is 0 Å². The van der Waals surface area contributed by atoms with E-state index in [1.54, 1.807) is 0 Å². The van der Waals surface area contributed by atoms with Crippen LogP contribution >= 0.6 is 11.3 Å².